The van der Waals surface area contributed by atoms with E-state index in [1.54, 1.807) is 6.33 Å². The minimum absolute atomic E-state index is 0.00936. The summed E-state index contributed by atoms with van der Waals surface area (Å²) < 4.78 is 1.87. The van der Waals surface area contributed by atoms with Gasteiger partial charge in [0.2, 0.25) is 5.91 Å². The van der Waals surface area contributed by atoms with Gasteiger partial charge in [0, 0.05) is 5.69 Å². The molecule has 2 rings (SSSR count). The highest BCUT2D eigenvalue weighted by atomic mass is 32.2. The zero-order valence-corrected chi connectivity index (χ0v) is 11.7. The van der Waals surface area contributed by atoms with Crippen molar-refractivity contribution < 1.29 is 4.79 Å². The molecule has 1 aromatic carbocycles. The van der Waals surface area contributed by atoms with Gasteiger partial charge in [-0.05, 0) is 25.3 Å². The van der Waals surface area contributed by atoms with Gasteiger partial charge in [0.25, 0.3) is 0 Å². The number of hydrogen-bond donors (Lipinski definition) is 1. The number of hydrogen-bond acceptors (Lipinski definition) is 4. The van der Waals surface area contributed by atoms with Crippen molar-refractivity contribution in [2.75, 3.05) is 6.26 Å². The van der Waals surface area contributed by atoms with Crippen molar-refractivity contribution in [3.05, 3.63) is 42.5 Å². The highest BCUT2D eigenvalue weighted by molar-refractivity contribution is 7.99. The Hall–Kier alpha value is -1.82. The second-order valence-electron chi connectivity index (χ2n) is 4.05. The van der Waals surface area contributed by atoms with Crippen LogP contribution in [0.5, 0.6) is 0 Å². The quantitative estimate of drug-likeness (QED) is 0.902. The van der Waals surface area contributed by atoms with Gasteiger partial charge in [-0.3, -0.25) is 9.36 Å². The average Bonchev–Trinajstić information content (AvgIpc) is 2.93. The number of benzene rings is 1. The third-order valence-corrected chi connectivity index (χ3v) is 3.72. The number of nitrogens with one attached hydrogen (secondary N) is 1. The Bertz CT molecular complexity index is 541. The molecular weight excluding hydrogens is 260 g/mol. The van der Waals surface area contributed by atoms with Crippen molar-refractivity contribution in [3.63, 3.8) is 0 Å². The predicted molar refractivity (Wildman–Crippen MR) is 76.2 cm³/mol. The molecule has 0 unspecified atom stereocenters. The van der Waals surface area contributed by atoms with E-state index in [1.165, 1.54) is 11.8 Å². The summed E-state index contributed by atoms with van der Waals surface area (Å²) in [5.74, 6) is 0.725. The van der Waals surface area contributed by atoms with E-state index in [-0.39, 0.29) is 11.2 Å². The van der Waals surface area contributed by atoms with Gasteiger partial charge in [-0.15, -0.1) is 10.2 Å². The van der Waals surface area contributed by atoms with Crippen LogP contribution in [-0.4, -0.2) is 32.2 Å². The first-order valence-electron chi connectivity index (χ1n) is 5.97. The number of carbonyl (C=O) groups is 1. The van der Waals surface area contributed by atoms with E-state index in [9.17, 15) is 4.79 Å². The van der Waals surface area contributed by atoms with Crippen molar-refractivity contribution in [1.82, 2.24) is 20.1 Å². The molecule has 0 aliphatic carbocycles. The number of para-hydroxylation sites is 1. The molecule has 0 saturated carbocycles. The maximum atomic E-state index is 11.7. The van der Waals surface area contributed by atoms with Crippen LogP contribution >= 0.6 is 11.8 Å². The van der Waals surface area contributed by atoms with Gasteiger partial charge in [0.1, 0.15) is 6.33 Å². The lowest BCUT2D eigenvalue weighted by molar-refractivity contribution is -0.120. The Labute approximate surface area is 116 Å². The fourth-order valence-electron chi connectivity index (χ4n) is 1.60. The number of aromatic nitrogens is 3. The summed E-state index contributed by atoms with van der Waals surface area (Å²) in [7, 11) is 0. The van der Waals surface area contributed by atoms with E-state index in [4.69, 9.17) is 0 Å². The van der Waals surface area contributed by atoms with Crippen LogP contribution in [-0.2, 0) is 11.3 Å². The van der Waals surface area contributed by atoms with E-state index in [0.29, 0.717) is 12.4 Å². The van der Waals surface area contributed by atoms with Crippen LogP contribution in [0.25, 0.3) is 5.69 Å². The molecule has 2 aromatic rings. The second kappa shape index (κ2) is 6.38. The highest BCUT2D eigenvalue weighted by Crippen LogP contribution is 2.09. The molecule has 1 N–H and O–H groups in total. The molecule has 1 atom stereocenters. The molecule has 5 nitrogen and oxygen atoms in total. The summed E-state index contributed by atoms with van der Waals surface area (Å²) >= 11 is 1.52. The fraction of sp³-hybridized carbons (Fsp3) is 0.308. The molecule has 19 heavy (non-hydrogen) atoms. The van der Waals surface area contributed by atoms with Gasteiger partial charge in [-0.25, -0.2) is 0 Å². The third-order valence-electron chi connectivity index (χ3n) is 2.80. The normalized spacial score (nSPS) is 12.1. The lowest BCUT2D eigenvalue weighted by atomic mass is 10.3. The fourth-order valence-corrected chi connectivity index (χ4v) is 1.90. The molecule has 1 amide bonds. The summed E-state index contributed by atoms with van der Waals surface area (Å²) in [6.45, 7) is 2.25. The van der Waals surface area contributed by atoms with Crippen LogP contribution < -0.4 is 5.32 Å². The van der Waals surface area contributed by atoms with E-state index < -0.39 is 0 Å². The molecule has 0 spiro atoms. The van der Waals surface area contributed by atoms with Crippen LogP contribution in [0.15, 0.2) is 36.7 Å². The monoisotopic (exact) mass is 276 g/mol. The molecule has 0 saturated heterocycles. The largest absolute Gasteiger partial charge is 0.348 e. The maximum absolute atomic E-state index is 11.7. The summed E-state index contributed by atoms with van der Waals surface area (Å²) in [6, 6.07) is 9.80. The molecule has 1 aromatic heterocycles. The first-order chi connectivity index (χ1) is 9.22. The van der Waals surface area contributed by atoms with E-state index in [1.807, 2.05) is 48.1 Å². The number of rotatable bonds is 5. The lowest BCUT2D eigenvalue weighted by Gasteiger charge is -2.10. The van der Waals surface area contributed by atoms with E-state index in [0.717, 1.165) is 5.69 Å². The topological polar surface area (TPSA) is 59.8 Å². The van der Waals surface area contributed by atoms with Crippen LogP contribution in [0, 0.1) is 0 Å². The van der Waals surface area contributed by atoms with Crippen molar-refractivity contribution in [1.29, 1.82) is 0 Å². The molecule has 0 bridgehead atoms. The first-order valence-corrected chi connectivity index (χ1v) is 7.26. The maximum Gasteiger partial charge on any atom is 0.233 e. The minimum Gasteiger partial charge on any atom is -0.348 e. The van der Waals surface area contributed by atoms with Crippen LogP contribution in [0.2, 0.25) is 0 Å². The summed E-state index contributed by atoms with van der Waals surface area (Å²) in [6.07, 6.45) is 3.56. The van der Waals surface area contributed by atoms with Crippen LogP contribution in [0.3, 0.4) is 0 Å². The Morgan fingerprint density at radius 1 is 1.42 bits per heavy atom. The van der Waals surface area contributed by atoms with Gasteiger partial charge >= 0.3 is 0 Å². The Balaban J connectivity index is 2.07. The molecule has 0 fully saturated rings. The Morgan fingerprint density at radius 3 is 2.84 bits per heavy atom. The zero-order chi connectivity index (χ0) is 13.7. The first kappa shape index (κ1) is 13.6. The van der Waals surface area contributed by atoms with Gasteiger partial charge in [0.05, 0.1) is 11.8 Å². The molecule has 0 aliphatic rings. The van der Waals surface area contributed by atoms with Gasteiger partial charge in [0.15, 0.2) is 5.82 Å². The standard InChI is InChI=1S/C13H16N4OS/c1-10(19-2)13(18)14-8-12-16-15-9-17(12)11-6-4-3-5-7-11/h3-7,9-10H,8H2,1-2H3,(H,14,18)/t10-/m0/s1. The SMILES string of the molecule is CS[C@@H](C)C(=O)NCc1nncn1-c1ccccc1. The van der Waals surface area contributed by atoms with Crippen LogP contribution in [0.1, 0.15) is 12.7 Å². The van der Waals surface area contributed by atoms with E-state index >= 15 is 0 Å². The molecule has 6 heteroatoms. The zero-order valence-electron chi connectivity index (χ0n) is 10.9. The lowest BCUT2D eigenvalue weighted by Crippen LogP contribution is -2.31. The molecule has 100 valence electrons. The smallest absolute Gasteiger partial charge is 0.233 e. The highest BCUT2D eigenvalue weighted by Gasteiger charge is 2.12. The van der Waals surface area contributed by atoms with Crippen molar-refractivity contribution in [2.24, 2.45) is 0 Å². The average molecular weight is 276 g/mol. The predicted octanol–water partition coefficient (Wildman–Crippen LogP) is 1.63. The second-order valence-corrected chi connectivity index (χ2v) is 5.23. The van der Waals surface area contributed by atoms with E-state index in [2.05, 4.69) is 15.5 Å². The van der Waals surface area contributed by atoms with Crippen molar-refractivity contribution >= 4 is 17.7 Å². The number of nitrogens with zero attached hydrogens (tertiary/aromatic N) is 3. The van der Waals surface area contributed by atoms with Crippen LogP contribution in [0.4, 0.5) is 0 Å². The van der Waals surface area contributed by atoms with Gasteiger partial charge < -0.3 is 5.32 Å². The number of amides is 1. The van der Waals surface area contributed by atoms with Crippen molar-refractivity contribution in [3.8, 4) is 5.69 Å². The third kappa shape index (κ3) is 3.35. The summed E-state index contributed by atoms with van der Waals surface area (Å²) in [4.78, 5) is 11.7. The number of carbonyl (C=O) groups excluding carboxylic acids is 1. The summed E-state index contributed by atoms with van der Waals surface area (Å²) in [5, 5.41) is 10.7. The van der Waals surface area contributed by atoms with Gasteiger partial charge in [-0.1, -0.05) is 18.2 Å². The molecule has 0 aliphatic heterocycles. The number of thioether (sulfide) groups is 1. The Kier molecular flexibility index (Phi) is 4.57. The molecule has 0 radical (unpaired) electrons. The van der Waals surface area contributed by atoms with Gasteiger partial charge in [-0.2, -0.15) is 11.8 Å². The molecule has 1 heterocycles. The Morgan fingerprint density at radius 2 is 2.16 bits per heavy atom. The molecular formula is C13H16N4OS. The van der Waals surface area contributed by atoms with Crippen molar-refractivity contribution in [2.45, 2.75) is 18.7 Å². The minimum atomic E-state index is -0.0619. The summed E-state index contributed by atoms with van der Waals surface area (Å²) in [5.41, 5.74) is 0.981.